The van der Waals surface area contributed by atoms with Crippen molar-refractivity contribution in [2.45, 2.75) is 39.4 Å². The molecule has 0 spiro atoms. The largest absolute Gasteiger partial charge is 0.352 e. The number of nitrogens with zero attached hydrogens (tertiary/aromatic N) is 2. The Labute approximate surface area is 182 Å². The van der Waals surface area contributed by atoms with Crippen molar-refractivity contribution in [3.05, 3.63) is 66.0 Å². The molecule has 2 aromatic rings. The lowest BCUT2D eigenvalue weighted by Gasteiger charge is -2.32. The van der Waals surface area contributed by atoms with Gasteiger partial charge in [0, 0.05) is 18.2 Å². The summed E-state index contributed by atoms with van der Waals surface area (Å²) in [5, 5.41) is 2.74. The van der Waals surface area contributed by atoms with Crippen LogP contribution in [0.4, 0.5) is 10.1 Å². The van der Waals surface area contributed by atoms with Gasteiger partial charge in [-0.25, -0.2) is 12.8 Å². The van der Waals surface area contributed by atoms with E-state index in [1.54, 1.807) is 50.2 Å². The fourth-order valence-electron chi connectivity index (χ4n) is 3.01. The van der Waals surface area contributed by atoms with E-state index in [0.29, 0.717) is 5.69 Å². The molecule has 1 atom stereocenters. The number of sulfonamides is 1. The van der Waals surface area contributed by atoms with Crippen molar-refractivity contribution in [3.63, 3.8) is 0 Å². The summed E-state index contributed by atoms with van der Waals surface area (Å²) in [6.45, 7) is 4.41. The Morgan fingerprint density at radius 3 is 2.13 bits per heavy atom. The van der Waals surface area contributed by atoms with Crippen LogP contribution in [0.2, 0.25) is 0 Å². The smallest absolute Gasteiger partial charge is 0.244 e. The number of hydrogen-bond acceptors (Lipinski definition) is 4. The number of carbonyl (C=O) groups excluding carboxylic acids is 2. The van der Waals surface area contributed by atoms with Crippen molar-refractivity contribution in [2.75, 3.05) is 17.1 Å². The van der Waals surface area contributed by atoms with E-state index < -0.39 is 40.2 Å². The molecule has 31 heavy (non-hydrogen) atoms. The maximum atomic E-state index is 14.3. The molecule has 0 aromatic heterocycles. The maximum Gasteiger partial charge on any atom is 0.244 e. The molecule has 168 valence electrons. The minimum absolute atomic E-state index is 0.155. The summed E-state index contributed by atoms with van der Waals surface area (Å²) in [5.41, 5.74) is 0.550. The van der Waals surface area contributed by atoms with Gasteiger partial charge in [0.25, 0.3) is 0 Å². The van der Waals surface area contributed by atoms with E-state index in [2.05, 4.69) is 5.32 Å². The van der Waals surface area contributed by atoms with Gasteiger partial charge < -0.3 is 10.2 Å². The molecule has 1 N–H and O–H groups in total. The van der Waals surface area contributed by atoms with Crippen molar-refractivity contribution < 1.29 is 22.4 Å². The predicted molar refractivity (Wildman–Crippen MR) is 118 cm³/mol. The Bertz CT molecular complexity index is 1010. The number of carbonyl (C=O) groups is 2. The Hall–Kier alpha value is -2.94. The van der Waals surface area contributed by atoms with E-state index in [1.165, 1.54) is 30.0 Å². The van der Waals surface area contributed by atoms with Crippen LogP contribution in [0.1, 0.15) is 26.3 Å². The van der Waals surface area contributed by atoms with E-state index in [0.717, 1.165) is 10.6 Å². The Balaban J connectivity index is 2.38. The Kier molecular flexibility index (Phi) is 8.15. The van der Waals surface area contributed by atoms with Gasteiger partial charge in [-0.15, -0.1) is 0 Å². The van der Waals surface area contributed by atoms with Gasteiger partial charge in [0.05, 0.1) is 11.9 Å². The summed E-state index contributed by atoms with van der Waals surface area (Å²) in [7, 11) is -3.78. The zero-order valence-electron chi connectivity index (χ0n) is 18.1. The first-order chi connectivity index (χ1) is 14.5. The van der Waals surface area contributed by atoms with Crippen LogP contribution in [0.25, 0.3) is 0 Å². The first-order valence-corrected chi connectivity index (χ1v) is 11.7. The lowest BCUT2D eigenvalue weighted by molar-refractivity contribution is -0.139. The van der Waals surface area contributed by atoms with Gasteiger partial charge in [0.1, 0.15) is 18.4 Å². The Morgan fingerprint density at radius 1 is 1.00 bits per heavy atom. The van der Waals surface area contributed by atoms with Gasteiger partial charge in [-0.2, -0.15) is 0 Å². The van der Waals surface area contributed by atoms with Crippen molar-refractivity contribution in [1.82, 2.24) is 10.2 Å². The number of halogens is 1. The van der Waals surface area contributed by atoms with E-state index in [9.17, 15) is 22.4 Å². The van der Waals surface area contributed by atoms with E-state index in [1.807, 2.05) is 0 Å². The molecule has 0 radical (unpaired) electrons. The van der Waals surface area contributed by atoms with E-state index in [-0.39, 0.29) is 18.2 Å². The van der Waals surface area contributed by atoms with Crippen molar-refractivity contribution in [1.29, 1.82) is 0 Å². The molecule has 0 unspecified atom stereocenters. The minimum Gasteiger partial charge on any atom is -0.352 e. The average Bonchev–Trinajstić information content (AvgIpc) is 2.70. The minimum atomic E-state index is -3.78. The quantitative estimate of drug-likeness (QED) is 0.637. The van der Waals surface area contributed by atoms with Crippen LogP contribution >= 0.6 is 0 Å². The molecule has 7 nitrogen and oxygen atoms in total. The molecule has 2 amide bonds. The SMILES string of the molecule is CC(C)NC(=O)[C@H](C)N(Cc1ccccc1F)C(=O)CN(c1ccccc1)S(C)(=O)=O. The lowest BCUT2D eigenvalue weighted by Crippen LogP contribution is -2.52. The fraction of sp³-hybridized carbons (Fsp3) is 0.364. The molecule has 2 rings (SSSR count). The first kappa shape index (κ1) is 24.3. The predicted octanol–water partition coefficient (Wildman–Crippen LogP) is 2.53. The van der Waals surface area contributed by atoms with Gasteiger partial charge in [-0.3, -0.25) is 13.9 Å². The van der Waals surface area contributed by atoms with Crippen LogP contribution in [0.3, 0.4) is 0 Å². The number of para-hydroxylation sites is 1. The summed E-state index contributed by atoms with van der Waals surface area (Å²) >= 11 is 0. The number of nitrogens with one attached hydrogen (secondary N) is 1. The van der Waals surface area contributed by atoms with Gasteiger partial charge in [-0.05, 0) is 39.0 Å². The standard InChI is InChI=1S/C22H28FN3O4S/c1-16(2)24-22(28)17(3)25(14-18-10-8-9-13-20(18)23)21(27)15-26(31(4,29)30)19-11-6-5-7-12-19/h5-13,16-17H,14-15H2,1-4H3,(H,24,28)/t17-/m0/s1. The summed E-state index contributed by atoms with van der Waals surface area (Å²) in [5.74, 6) is -1.55. The maximum absolute atomic E-state index is 14.3. The molecule has 2 aromatic carbocycles. The molecule has 9 heteroatoms. The second-order valence-corrected chi connectivity index (χ2v) is 9.46. The molecule has 0 saturated heterocycles. The van der Waals surface area contributed by atoms with Gasteiger partial charge >= 0.3 is 0 Å². The summed E-state index contributed by atoms with van der Waals surface area (Å²) in [4.78, 5) is 27.0. The van der Waals surface area contributed by atoms with Crippen LogP contribution in [0.15, 0.2) is 54.6 Å². The number of rotatable bonds is 9. The zero-order valence-corrected chi connectivity index (χ0v) is 18.9. The summed E-state index contributed by atoms with van der Waals surface area (Å²) in [6.07, 6.45) is 1.00. The third-order valence-electron chi connectivity index (χ3n) is 4.62. The van der Waals surface area contributed by atoms with Crippen LogP contribution in [-0.2, 0) is 26.2 Å². The summed E-state index contributed by atoms with van der Waals surface area (Å²) in [6, 6.07) is 13.1. The van der Waals surface area contributed by atoms with Gasteiger partial charge in [-0.1, -0.05) is 36.4 Å². The van der Waals surface area contributed by atoms with Gasteiger partial charge in [0.15, 0.2) is 0 Å². The number of amides is 2. The van der Waals surface area contributed by atoms with Crippen molar-refractivity contribution in [3.8, 4) is 0 Å². The number of hydrogen-bond donors (Lipinski definition) is 1. The second-order valence-electron chi connectivity index (χ2n) is 7.56. The van der Waals surface area contributed by atoms with Crippen molar-refractivity contribution in [2.24, 2.45) is 0 Å². The molecular weight excluding hydrogens is 421 g/mol. The van der Waals surface area contributed by atoms with E-state index in [4.69, 9.17) is 0 Å². The van der Waals surface area contributed by atoms with Crippen LogP contribution in [0, 0.1) is 5.82 Å². The normalized spacial score (nSPS) is 12.3. The molecule has 0 bridgehead atoms. The molecule has 0 aliphatic heterocycles. The first-order valence-electron chi connectivity index (χ1n) is 9.86. The highest BCUT2D eigenvalue weighted by Gasteiger charge is 2.30. The molecular formula is C22H28FN3O4S. The fourth-order valence-corrected chi connectivity index (χ4v) is 3.86. The monoisotopic (exact) mass is 449 g/mol. The highest BCUT2D eigenvalue weighted by Crippen LogP contribution is 2.19. The highest BCUT2D eigenvalue weighted by atomic mass is 32.2. The second kappa shape index (κ2) is 10.4. The number of anilines is 1. The van der Waals surface area contributed by atoms with Gasteiger partial charge in [0.2, 0.25) is 21.8 Å². The van der Waals surface area contributed by atoms with Crippen LogP contribution < -0.4 is 9.62 Å². The third kappa shape index (κ3) is 6.78. The van der Waals surface area contributed by atoms with Crippen molar-refractivity contribution >= 4 is 27.5 Å². The summed E-state index contributed by atoms with van der Waals surface area (Å²) < 4.78 is 40.0. The molecule has 0 aliphatic rings. The topological polar surface area (TPSA) is 86.8 Å². The Morgan fingerprint density at radius 2 is 1.58 bits per heavy atom. The molecule has 0 saturated carbocycles. The molecule has 0 fully saturated rings. The molecule has 0 heterocycles. The number of benzene rings is 2. The lowest BCUT2D eigenvalue weighted by atomic mass is 10.1. The molecule has 0 aliphatic carbocycles. The van der Waals surface area contributed by atoms with E-state index >= 15 is 0 Å². The zero-order chi connectivity index (χ0) is 23.2. The highest BCUT2D eigenvalue weighted by molar-refractivity contribution is 7.92. The van der Waals surface area contributed by atoms with Crippen LogP contribution in [0.5, 0.6) is 0 Å². The third-order valence-corrected chi connectivity index (χ3v) is 5.76. The average molecular weight is 450 g/mol. The van der Waals surface area contributed by atoms with Crippen LogP contribution in [-0.4, -0.2) is 50.0 Å².